The van der Waals surface area contributed by atoms with Gasteiger partial charge in [0.2, 0.25) is 11.8 Å². The second-order valence-corrected chi connectivity index (χ2v) is 5.50. The number of hydrogen-bond acceptors (Lipinski definition) is 3. The first-order valence-electron chi connectivity index (χ1n) is 7.33. The number of nitrogens with zero attached hydrogens (tertiary/aromatic N) is 1. The molecule has 2 atom stereocenters. The molecular weight excluding hydrogens is 244 g/mol. The summed E-state index contributed by atoms with van der Waals surface area (Å²) in [7, 11) is 0. The van der Waals surface area contributed by atoms with Crippen molar-refractivity contribution in [1.82, 2.24) is 10.2 Å². The van der Waals surface area contributed by atoms with Crippen LogP contribution >= 0.6 is 0 Å². The van der Waals surface area contributed by atoms with Crippen molar-refractivity contribution in [3.8, 4) is 0 Å². The van der Waals surface area contributed by atoms with Gasteiger partial charge in [-0.15, -0.1) is 0 Å². The van der Waals surface area contributed by atoms with Gasteiger partial charge in [0, 0.05) is 13.2 Å². The van der Waals surface area contributed by atoms with Crippen molar-refractivity contribution in [1.29, 1.82) is 0 Å². The highest BCUT2D eigenvalue weighted by Crippen LogP contribution is 2.34. The number of nitrogens with one attached hydrogen (secondary N) is 1. The van der Waals surface area contributed by atoms with Gasteiger partial charge in [-0.05, 0) is 32.1 Å². The first kappa shape index (κ1) is 14.3. The Morgan fingerprint density at radius 2 is 2.05 bits per heavy atom. The molecule has 2 amide bonds. The highest BCUT2D eigenvalue weighted by Gasteiger charge is 2.45. The molecule has 2 aliphatic rings. The molecule has 0 aromatic carbocycles. The first-order chi connectivity index (χ1) is 9.15. The molecule has 5 heteroatoms. The highest BCUT2D eigenvalue weighted by atomic mass is 16.5. The van der Waals surface area contributed by atoms with Crippen molar-refractivity contribution in [3.63, 3.8) is 0 Å². The average molecular weight is 268 g/mol. The summed E-state index contributed by atoms with van der Waals surface area (Å²) < 4.78 is 5.49. The van der Waals surface area contributed by atoms with Crippen molar-refractivity contribution in [2.75, 3.05) is 19.8 Å². The maximum atomic E-state index is 12.3. The third kappa shape index (κ3) is 3.47. The first-order valence-corrected chi connectivity index (χ1v) is 7.33. The maximum absolute atomic E-state index is 12.3. The van der Waals surface area contributed by atoms with E-state index in [1.165, 1.54) is 0 Å². The van der Waals surface area contributed by atoms with Crippen LogP contribution in [-0.4, -0.2) is 48.6 Å². The second-order valence-electron chi connectivity index (χ2n) is 5.50. The molecule has 1 saturated carbocycles. The minimum Gasteiger partial charge on any atom is -0.380 e. The van der Waals surface area contributed by atoms with Crippen molar-refractivity contribution in [2.24, 2.45) is 5.92 Å². The van der Waals surface area contributed by atoms with Gasteiger partial charge in [0.25, 0.3) is 0 Å². The maximum Gasteiger partial charge on any atom is 0.246 e. The highest BCUT2D eigenvalue weighted by molar-refractivity contribution is 5.97. The zero-order valence-corrected chi connectivity index (χ0v) is 11.9. The van der Waals surface area contributed by atoms with E-state index in [0.717, 1.165) is 32.3 Å². The Morgan fingerprint density at radius 3 is 2.68 bits per heavy atom. The number of piperazine rings is 1. The van der Waals surface area contributed by atoms with Crippen LogP contribution in [0.2, 0.25) is 0 Å². The van der Waals surface area contributed by atoms with Gasteiger partial charge in [-0.1, -0.05) is 13.3 Å². The number of ether oxygens (including phenoxy) is 1. The normalized spacial score (nSPS) is 27.6. The predicted molar refractivity (Wildman–Crippen MR) is 71.6 cm³/mol. The molecule has 1 aliphatic heterocycles. The Bertz CT molecular complexity index is 342. The van der Waals surface area contributed by atoms with E-state index in [9.17, 15) is 9.59 Å². The summed E-state index contributed by atoms with van der Waals surface area (Å²) in [5.41, 5.74) is 0. The molecule has 19 heavy (non-hydrogen) atoms. The third-order valence-electron chi connectivity index (χ3n) is 3.91. The van der Waals surface area contributed by atoms with Crippen molar-refractivity contribution in [3.05, 3.63) is 0 Å². The fraction of sp³-hybridized carbons (Fsp3) is 0.857. The van der Waals surface area contributed by atoms with E-state index < -0.39 is 0 Å². The molecule has 1 saturated heterocycles. The Kier molecular flexibility index (Phi) is 4.80. The zero-order chi connectivity index (χ0) is 13.8. The molecule has 2 fully saturated rings. The molecule has 1 heterocycles. The van der Waals surface area contributed by atoms with Crippen molar-refractivity contribution < 1.29 is 14.3 Å². The largest absolute Gasteiger partial charge is 0.380 e. The van der Waals surface area contributed by atoms with Gasteiger partial charge in [0.15, 0.2) is 0 Å². The number of carbonyl (C=O) groups is 2. The molecule has 2 unspecified atom stereocenters. The smallest absolute Gasteiger partial charge is 0.246 e. The molecule has 0 spiro atoms. The minimum absolute atomic E-state index is 0.0370. The Morgan fingerprint density at radius 1 is 1.32 bits per heavy atom. The molecule has 0 aromatic heterocycles. The van der Waals surface area contributed by atoms with E-state index in [1.807, 2.05) is 0 Å². The fourth-order valence-electron chi connectivity index (χ4n) is 2.41. The molecule has 5 nitrogen and oxygen atoms in total. The molecule has 108 valence electrons. The molecular formula is C14H24N2O3. The standard InChI is InChI=1S/C14H24N2O3/c1-3-4-8-19-9-7-16-10(2)13(17)15-12(14(16)18)11-5-6-11/h10-12H,3-9H2,1-2H3,(H,15,17). The van der Waals surface area contributed by atoms with Gasteiger partial charge < -0.3 is 15.0 Å². The summed E-state index contributed by atoms with van der Waals surface area (Å²) in [5, 5.41) is 2.85. The van der Waals surface area contributed by atoms with E-state index in [2.05, 4.69) is 12.2 Å². The van der Waals surface area contributed by atoms with Crippen LogP contribution in [0.1, 0.15) is 39.5 Å². The van der Waals surface area contributed by atoms with E-state index >= 15 is 0 Å². The Hall–Kier alpha value is -1.10. The Balaban J connectivity index is 1.84. The molecule has 1 N–H and O–H groups in total. The number of rotatable bonds is 7. The topological polar surface area (TPSA) is 58.6 Å². The fourth-order valence-corrected chi connectivity index (χ4v) is 2.41. The van der Waals surface area contributed by atoms with Crippen molar-refractivity contribution in [2.45, 2.75) is 51.6 Å². The zero-order valence-electron chi connectivity index (χ0n) is 11.9. The van der Waals surface area contributed by atoms with Crippen LogP contribution in [0.25, 0.3) is 0 Å². The van der Waals surface area contributed by atoms with Gasteiger partial charge in [-0.2, -0.15) is 0 Å². The van der Waals surface area contributed by atoms with Crippen LogP contribution in [0.3, 0.4) is 0 Å². The lowest BCUT2D eigenvalue weighted by Gasteiger charge is -2.37. The molecule has 2 rings (SSSR count). The van der Waals surface area contributed by atoms with E-state index in [4.69, 9.17) is 4.74 Å². The summed E-state index contributed by atoms with van der Waals surface area (Å²) in [6, 6.07) is -0.670. The second kappa shape index (κ2) is 6.37. The summed E-state index contributed by atoms with van der Waals surface area (Å²) >= 11 is 0. The lowest BCUT2D eigenvalue weighted by molar-refractivity contribution is -0.150. The van der Waals surface area contributed by atoms with E-state index in [0.29, 0.717) is 19.1 Å². The van der Waals surface area contributed by atoms with Gasteiger partial charge in [-0.25, -0.2) is 0 Å². The van der Waals surface area contributed by atoms with E-state index in [-0.39, 0.29) is 23.9 Å². The molecule has 1 aliphatic carbocycles. The predicted octanol–water partition coefficient (Wildman–Crippen LogP) is 0.929. The van der Waals surface area contributed by atoms with Gasteiger partial charge in [-0.3, -0.25) is 9.59 Å². The molecule has 0 radical (unpaired) electrons. The SMILES string of the molecule is CCCCOCCN1C(=O)C(C2CC2)NC(=O)C1C. The third-order valence-corrected chi connectivity index (χ3v) is 3.91. The quantitative estimate of drug-likeness (QED) is 0.699. The Labute approximate surface area is 114 Å². The van der Waals surface area contributed by atoms with Crippen LogP contribution in [0.5, 0.6) is 0 Å². The van der Waals surface area contributed by atoms with Gasteiger partial charge >= 0.3 is 0 Å². The summed E-state index contributed by atoms with van der Waals surface area (Å²) in [5.74, 6) is 0.381. The molecule has 0 bridgehead atoms. The van der Waals surface area contributed by atoms with Crippen LogP contribution < -0.4 is 5.32 Å². The van der Waals surface area contributed by atoms with Crippen LogP contribution in [-0.2, 0) is 14.3 Å². The van der Waals surface area contributed by atoms with Gasteiger partial charge in [0.05, 0.1) is 6.61 Å². The van der Waals surface area contributed by atoms with E-state index in [1.54, 1.807) is 11.8 Å². The number of carbonyl (C=O) groups excluding carboxylic acids is 2. The summed E-state index contributed by atoms with van der Waals surface area (Å²) in [6.07, 6.45) is 4.23. The van der Waals surface area contributed by atoms with Crippen LogP contribution in [0, 0.1) is 5.92 Å². The number of amides is 2. The number of unbranched alkanes of at least 4 members (excludes halogenated alkanes) is 1. The van der Waals surface area contributed by atoms with Gasteiger partial charge in [0.1, 0.15) is 12.1 Å². The monoisotopic (exact) mass is 268 g/mol. The lowest BCUT2D eigenvalue weighted by Crippen LogP contribution is -2.63. The van der Waals surface area contributed by atoms with Crippen LogP contribution in [0.15, 0.2) is 0 Å². The summed E-state index contributed by atoms with van der Waals surface area (Å²) in [4.78, 5) is 25.9. The minimum atomic E-state index is -0.378. The average Bonchev–Trinajstić information content (AvgIpc) is 3.21. The number of hydrogen-bond donors (Lipinski definition) is 1. The summed E-state index contributed by atoms with van der Waals surface area (Å²) in [6.45, 7) is 5.65. The van der Waals surface area contributed by atoms with Crippen molar-refractivity contribution >= 4 is 11.8 Å². The lowest BCUT2D eigenvalue weighted by atomic mass is 10.0. The molecule has 0 aromatic rings. The van der Waals surface area contributed by atoms with Crippen LogP contribution in [0.4, 0.5) is 0 Å².